The van der Waals surface area contributed by atoms with Crippen LogP contribution in [0.3, 0.4) is 0 Å². The third-order valence-electron chi connectivity index (χ3n) is 2.30. The molecule has 0 fully saturated rings. The molecule has 0 aromatic carbocycles. The van der Waals surface area contributed by atoms with Gasteiger partial charge in [-0.2, -0.15) is 0 Å². The molecule has 118 valence electrons. The highest BCUT2D eigenvalue weighted by Crippen LogP contribution is 2.18. The number of rotatable bonds is 10. The Morgan fingerprint density at radius 2 is 1.45 bits per heavy atom. The van der Waals surface area contributed by atoms with Gasteiger partial charge in [0.15, 0.2) is 0 Å². The fraction of sp³-hybridized carbons (Fsp3) is 0.929. The lowest BCUT2D eigenvalue weighted by Gasteiger charge is -2.28. The van der Waals surface area contributed by atoms with E-state index in [1.165, 1.54) is 0 Å². The molecule has 0 bridgehead atoms. The average Bonchev–Trinajstić information content (AvgIpc) is 2.33. The van der Waals surface area contributed by atoms with E-state index >= 15 is 0 Å². The molecule has 0 aliphatic heterocycles. The Balaban J connectivity index is 4.35. The topological polar surface area (TPSA) is 52.4 Å². The molecule has 0 atom stereocenters. The van der Waals surface area contributed by atoms with Crippen molar-refractivity contribution in [2.75, 3.05) is 26.4 Å². The molecule has 20 heavy (non-hydrogen) atoms. The Labute approximate surface area is 124 Å². The van der Waals surface area contributed by atoms with Crippen molar-refractivity contribution >= 4 is 14.8 Å². The second-order valence-corrected chi connectivity index (χ2v) is 8.08. The van der Waals surface area contributed by atoms with Crippen LogP contribution in [0.1, 0.15) is 48.0 Å². The molecule has 0 aliphatic carbocycles. The van der Waals surface area contributed by atoms with E-state index in [1.54, 1.807) is 0 Å². The van der Waals surface area contributed by atoms with Gasteiger partial charge in [0.05, 0.1) is 11.5 Å². The minimum atomic E-state index is -2.51. The van der Waals surface area contributed by atoms with Gasteiger partial charge in [0, 0.05) is 32.4 Å². The van der Waals surface area contributed by atoms with Gasteiger partial charge in [-0.3, -0.25) is 0 Å². The molecule has 0 amide bonds. The molecule has 0 heterocycles. The van der Waals surface area contributed by atoms with Crippen LogP contribution in [0.4, 0.5) is 0 Å². The minimum Gasteiger partial charge on any atom is -0.374 e. The van der Waals surface area contributed by atoms with Gasteiger partial charge in [0.25, 0.3) is 0 Å². The van der Waals surface area contributed by atoms with E-state index in [4.69, 9.17) is 13.3 Å². The summed E-state index contributed by atoms with van der Waals surface area (Å²) in [6.07, 6.45) is 0.860. The molecule has 0 saturated heterocycles. The zero-order valence-corrected chi connectivity index (χ0v) is 14.9. The van der Waals surface area contributed by atoms with E-state index in [-0.39, 0.29) is 5.54 Å². The Morgan fingerprint density at radius 1 is 0.950 bits per heavy atom. The molecule has 0 aliphatic rings. The third kappa shape index (κ3) is 9.39. The fourth-order valence-electron chi connectivity index (χ4n) is 1.61. The molecule has 0 rings (SSSR count). The van der Waals surface area contributed by atoms with Crippen molar-refractivity contribution in [3.63, 3.8) is 0 Å². The highest BCUT2D eigenvalue weighted by Gasteiger charge is 2.39. The lowest BCUT2D eigenvalue weighted by molar-refractivity contribution is 0.0710. The normalized spacial score (nSPS) is 12.1. The first-order valence-electron chi connectivity index (χ1n) is 7.44. The monoisotopic (exact) mass is 302 g/mol. The highest BCUT2D eigenvalue weighted by molar-refractivity contribution is 6.60. The van der Waals surface area contributed by atoms with Gasteiger partial charge < -0.3 is 13.3 Å². The predicted molar refractivity (Wildman–Crippen MR) is 84.5 cm³/mol. The largest absolute Gasteiger partial charge is 0.500 e. The van der Waals surface area contributed by atoms with Gasteiger partial charge >= 0.3 is 8.80 Å². The summed E-state index contributed by atoms with van der Waals surface area (Å²) >= 11 is 0. The van der Waals surface area contributed by atoms with E-state index in [9.17, 15) is 0 Å². The van der Waals surface area contributed by atoms with E-state index in [2.05, 4.69) is 16.0 Å². The predicted octanol–water partition coefficient (Wildman–Crippen LogP) is 3.40. The van der Waals surface area contributed by atoms with Crippen LogP contribution < -0.4 is 0 Å². The molecule has 5 nitrogen and oxygen atoms in total. The average molecular weight is 302 g/mol. The van der Waals surface area contributed by atoms with E-state index in [0.29, 0.717) is 26.4 Å². The second-order valence-electron chi connectivity index (χ2n) is 5.35. The van der Waals surface area contributed by atoms with Gasteiger partial charge in [-0.1, -0.05) is 0 Å². The van der Waals surface area contributed by atoms with Crippen LogP contribution in [0.25, 0.3) is 0 Å². The molecular weight excluding hydrogens is 272 g/mol. The molecule has 0 aromatic rings. The van der Waals surface area contributed by atoms with Crippen molar-refractivity contribution in [1.29, 1.82) is 0 Å². The molecule has 0 saturated carbocycles. The van der Waals surface area contributed by atoms with Gasteiger partial charge in [0.2, 0.25) is 0 Å². The van der Waals surface area contributed by atoms with Crippen LogP contribution in [0.5, 0.6) is 0 Å². The van der Waals surface area contributed by atoms with Crippen LogP contribution in [0.2, 0.25) is 6.04 Å². The summed E-state index contributed by atoms with van der Waals surface area (Å²) in [7, 11) is -2.51. The Bertz CT molecular complexity index is 293. The first-order valence-corrected chi connectivity index (χ1v) is 9.37. The van der Waals surface area contributed by atoms with Gasteiger partial charge in [-0.15, -0.1) is 0 Å². The number of hydrogen-bond acceptors (Lipinski definition) is 5. The summed E-state index contributed by atoms with van der Waals surface area (Å²) in [6.45, 7) is 14.5. The van der Waals surface area contributed by atoms with Crippen LogP contribution in [-0.4, -0.2) is 46.7 Å². The SMILES string of the molecule is CCO[Si](CCCN=C=NC(C)(C)C)(OCC)OCC. The summed E-state index contributed by atoms with van der Waals surface area (Å²) < 4.78 is 17.3. The summed E-state index contributed by atoms with van der Waals surface area (Å²) in [5.74, 6) is 0. The maximum absolute atomic E-state index is 5.78. The first kappa shape index (κ1) is 19.5. The standard InChI is InChI=1S/C14H30N2O3Si/c1-7-17-20(18-8-2,19-9-3)12-10-11-15-13-16-14(4,5)6/h7-12H2,1-6H3. The van der Waals surface area contributed by atoms with Crippen molar-refractivity contribution in [2.45, 2.75) is 59.5 Å². The number of hydrogen-bond donors (Lipinski definition) is 0. The molecule has 0 unspecified atom stereocenters. The van der Waals surface area contributed by atoms with Gasteiger partial charge in [0.1, 0.15) is 0 Å². The minimum absolute atomic E-state index is 0.121. The van der Waals surface area contributed by atoms with Crippen LogP contribution in [0, 0.1) is 0 Å². The van der Waals surface area contributed by atoms with Crippen molar-refractivity contribution in [1.82, 2.24) is 0 Å². The first-order chi connectivity index (χ1) is 9.39. The fourth-order valence-corrected chi connectivity index (χ4v) is 4.20. The maximum Gasteiger partial charge on any atom is 0.500 e. The van der Waals surface area contributed by atoms with Crippen LogP contribution in [0.15, 0.2) is 9.98 Å². The summed E-state index contributed by atoms with van der Waals surface area (Å²) in [5.41, 5.74) is -0.121. The maximum atomic E-state index is 5.78. The Kier molecular flexibility index (Phi) is 9.97. The molecule has 6 heteroatoms. The Morgan fingerprint density at radius 3 is 1.85 bits per heavy atom. The highest BCUT2D eigenvalue weighted by atomic mass is 28.4. The summed E-state index contributed by atoms with van der Waals surface area (Å²) in [6, 6.07) is 3.53. The second kappa shape index (κ2) is 10.2. The van der Waals surface area contributed by atoms with Crippen molar-refractivity contribution in [2.24, 2.45) is 9.98 Å². The number of aliphatic imine (C=N–C) groups is 2. The van der Waals surface area contributed by atoms with E-state index in [0.717, 1.165) is 12.5 Å². The van der Waals surface area contributed by atoms with E-state index < -0.39 is 8.80 Å². The van der Waals surface area contributed by atoms with Crippen LogP contribution >= 0.6 is 0 Å². The van der Waals surface area contributed by atoms with Crippen molar-refractivity contribution in [3.8, 4) is 0 Å². The lowest BCUT2D eigenvalue weighted by atomic mass is 10.1. The molecule has 0 N–H and O–H groups in total. The molecule has 0 spiro atoms. The molecule has 0 aromatic heterocycles. The van der Waals surface area contributed by atoms with Crippen molar-refractivity contribution in [3.05, 3.63) is 0 Å². The third-order valence-corrected chi connectivity index (χ3v) is 5.45. The molecule has 0 radical (unpaired) electrons. The quantitative estimate of drug-likeness (QED) is 0.353. The van der Waals surface area contributed by atoms with Crippen LogP contribution in [-0.2, 0) is 13.3 Å². The zero-order valence-electron chi connectivity index (χ0n) is 13.9. The van der Waals surface area contributed by atoms with Gasteiger partial charge in [-0.05, 0) is 48.0 Å². The number of nitrogens with zero attached hydrogens (tertiary/aromatic N) is 2. The Hall–Kier alpha value is -0.523. The lowest BCUT2D eigenvalue weighted by Crippen LogP contribution is -2.46. The smallest absolute Gasteiger partial charge is 0.374 e. The van der Waals surface area contributed by atoms with Gasteiger partial charge in [-0.25, -0.2) is 9.98 Å². The van der Waals surface area contributed by atoms with E-state index in [1.807, 2.05) is 41.5 Å². The molecular formula is C14H30N2O3Si. The zero-order chi connectivity index (χ0) is 15.5. The summed E-state index contributed by atoms with van der Waals surface area (Å²) in [5, 5.41) is 0. The summed E-state index contributed by atoms with van der Waals surface area (Å²) in [4.78, 5) is 8.38. The van der Waals surface area contributed by atoms with Crippen molar-refractivity contribution < 1.29 is 13.3 Å².